The molecule has 6 nitrogen and oxygen atoms in total. The normalized spacial score (nSPS) is 15.1. The molecule has 0 amide bonds. The van der Waals surface area contributed by atoms with Crippen molar-refractivity contribution in [2.24, 2.45) is 0 Å². The highest BCUT2D eigenvalue weighted by molar-refractivity contribution is 5.85. The minimum absolute atomic E-state index is 0.404. The Kier molecular flexibility index (Phi) is 6.35. The Morgan fingerprint density at radius 2 is 1.11 bits per heavy atom. The third-order valence-corrected chi connectivity index (χ3v) is 7.02. The van der Waals surface area contributed by atoms with E-state index in [1.54, 1.807) is 12.1 Å². The number of phenolic OH excluding ortho intramolecular Hbond substituents is 2. The first-order valence-electron chi connectivity index (χ1n) is 12.5. The smallest absolute Gasteiger partial charge is 0.164 e. The second kappa shape index (κ2) is 9.96. The maximum Gasteiger partial charge on any atom is 0.164 e. The Balaban J connectivity index is 1.41. The lowest BCUT2D eigenvalue weighted by atomic mass is 10.0. The van der Waals surface area contributed by atoms with Crippen molar-refractivity contribution in [3.63, 3.8) is 0 Å². The van der Waals surface area contributed by atoms with Crippen molar-refractivity contribution < 1.29 is 28.5 Å². The number of hydrogen-bond acceptors (Lipinski definition) is 6. The molecule has 0 unspecified atom stereocenters. The molecule has 0 spiro atoms. The Morgan fingerprint density at radius 1 is 0.632 bits per heavy atom. The SMILES string of the molecule is Oc1cc(-c2ccc3c(c2)N(CCN2CCOCC2)c2cc(-c4ccc(F)c(O)c4)ccc2O3)ccc1F. The third kappa shape index (κ3) is 4.64. The van der Waals surface area contributed by atoms with Gasteiger partial charge < -0.3 is 24.6 Å². The molecule has 2 aliphatic rings. The van der Waals surface area contributed by atoms with Gasteiger partial charge in [0, 0.05) is 26.2 Å². The van der Waals surface area contributed by atoms with Gasteiger partial charge in [0.2, 0.25) is 0 Å². The lowest BCUT2D eigenvalue weighted by molar-refractivity contribution is 0.0394. The number of aromatic hydroxyl groups is 2. The first kappa shape index (κ1) is 24.2. The van der Waals surface area contributed by atoms with Crippen LogP contribution in [0.4, 0.5) is 20.2 Å². The van der Waals surface area contributed by atoms with Gasteiger partial charge in [0.1, 0.15) is 0 Å². The molecule has 0 radical (unpaired) electrons. The average Bonchev–Trinajstić information content (AvgIpc) is 2.94. The fourth-order valence-electron chi connectivity index (χ4n) is 4.93. The number of hydrogen-bond donors (Lipinski definition) is 2. The molecule has 0 atom stereocenters. The Morgan fingerprint density at radius 3 is 1.61 bits per heavy atom. The predicted octanol–water partition coefficient (Wildman–Crippen LogP) is 6.29. The molecule has 0 aliphatic carbocycles. The van der Waals surface area contributed by atoms with E-state index in [9.17, 15) is 19.0 Å². The van der Waals surface area contributed by atoms with E-state index in [1.807, 2.05) is 36.4 Å². The zero-order valence-corrected chi connectivity index (χ0v) is 20.5. The molecule has 0 bridgehead atoms. The zero-order valence-electron chi connectivity index (χ0n) is 20.5. The van der Waals surface area contributed by atoms with Gasteiger partial charge in [-0.3, -0.25) is 4.90 Å². The summed E-state index contributed by atoms with van der Waals surface area (Å²) in [5, 5.41) is 19.8. The number of benzene rings is 4. The van der Waals surface area contributed by atoms with E-state index < -0.39 is 23.1 Å². The second-order valence-corrected chi connectivity index (χ2v) is 9.41. The molecular weight excluding hydrogens is 490 g/mol. The standard InChI is InChI=1S/C30H26F2N2O4/c31-23-5-1-21(17-27(23)35)19-3-7-29-25(15-19)34(10-9-33-11-13-37-14-12-33)26-16-20(4-8-30(26)38-29)22-2-6-24(32)28(36)18-22/h1-8,15-18,35-36H,9-14H2. The number of rotatable bonds is 5. The van der Waals surface area contributed by atoms with Crippen molar-refractivity contribution in [2.45, 2.75) is 0 Å². The van der Waals surface area contributed by atoms with Crippen molar-refractivity contribution >= 4 is 11.4 Å². The van der Waals surface area contributed by atoms with Crippen LogP contribution >= 0.6 is 0 Å². The van der Waals surface area contributed by atoms with Crippen LogP contribution in [0, 0.1) is 11.6 Å². The van der Waals surface area contributed by atoms with Crippen LogP contribution in [0.25, 0.3) is 22.3 Å². The van der Waals surface area contributed by atoms with E-state index in [1.165, 1.54) is 24.3 Å². The summed E-state index contributed by atoms with van der Waals surface area (Å²) >= 11 is 0. The first-order chi connectivity index (χ1) is 18.5. The van der Waals surface area contributed by atoms with E-state index in [0.717, 1.165) is 42.1 Å². The van der Waals surface area contributed by atoms with Crippen molar-refractivity contribution in [3.05, 3.63) is 84.4 Å². The summed E-state index contributed by atoms with van der Waals surface area (Å²) in [6, 6.07) is 20.0. The Labute approximate surface area is 218 Å². The zero-order chi connectivity index (χ0) is 26.2. The Hall–Kier alpha value is -4.14. The predicted molar refractivity (Wildman–Crippen MR) is 141 cm³/mol. The molecule has 4 aromatic rings. The number of phenols is 2. The van der Waals surface area contributed by atoms with Crippen LogP contribution in [-0.2, 0) is 4.74 Å². The molecule has 6 rings (SSSR count). The summed E-state index contributed by atoms with van der Waals surface area (Å²) in [6.45, 7) is 4.58. The van der Waals surface area contributed by atoms with Gasteiger partial charge in [0.25, 0.3) is 0 Å². The van der Waals surface area contributed by atoms with Crippen LogP contribution < -0.4 is 9.64 Å². The van der Waals surface area contributed by atoms with Crippen LogP contribution in [0.3, 0.4) is 0 Å². The summed E-state index contributed by atoms with van der Waals surface area (Å²) in [5.41, 5.74) is 4.66. The van der Waals surface area contributed by atoms with E-state index in [4.69, 9.17) is 9.47 Å². The second-order valence-electron chi connectivity index (χ2n) is 9.41. The molecule has 1 fully saturated rings. The quantitative estimate of drug-likeness (QED) is 0.325. The largest absolute Gasteiger partial charge is 0.505 e. The van der Waals surface area contributed by atoms with Gasteiger partial charge in [-0.05, 0) is 70.8 Å². The van der Waals surface area contributed by atoms with Gasteiger partial charge in [-0.1, -0.05) is 24.3 Å². The Bertz CT molecular complexity index is 1400. The third-order valence-electron chi connectivity index (χ3n) is 7.02. The molecule has 38 heavy (non-hydrogen) atoms. The van der Waals surface area contributed by atoms with Crippen LogP contribution in [0.1, 0.15) is 0 Å². The highest BCUT2D eigenvalue weighted by Crippen LogP contribution is 2.49. The van der Waals surface area contributed by atoms with Crippen molar-refractivity contribution in [1.29, 1.82) is 0 Å². The highest BCUT2D eigenvalue weighted by atomic mass is 19.1. The van der Waals surface area contributed by atoms with Gasteiger partial charge in [-0.15, -0.1) is 0 Å². The minimum atomic E-state index is -0.671. The number of halogens is 2. The molecule has 0 saturated carbocycles. The lowest BCUT2D eigenvalue weighted by Gasteiger charge is -2.36. The van der Waals surface area contributed by atoms with Crippen LogP contribution in [0.15, 0.2) is 72.8 Å². The van der Waals surface area contributed by atoms with Gasteiger partial charge in [0.15, 0.2) is 34.6 Å². The van der Waals surface area contributed by atoms with Gasteiger partial charge in [-0.2, -0.15) is 0 Å². The van der Waals surface area contributed by atoms with E-state index in [0.29, 0.717) is 42.4 Å². The van der Waals surface area contributed by atoms with E-state index in [-0.39, 0.29) is 0 Å². The first-order valence-corrected chi connectivity index (χ1v) is 12.5. The number of ether oxygens (including phenoxy) is 2. The fraction of sp³-hybridized carbons (Fsp3) is 0.200. The lowest BCUT2D eigenvalue weighted by Crippen LogP contribution is -2.41. The van der Waals surface area contributed by atoms with Gasteiger partial charge >= 0.3 is 0 Å². The topological polar surface area (TPSA) is 65.4 Å². The fourth-order valence-corrected chi connectivity index (χ4v) is 4.93. The molecule has 2 N–H and O–H groups in total. The van der Waals surface area contributed by atoms with Crippen LogP contribution in [0.5, 0.6) is 23.0 Å². The summed E-state index contributed by atoms with van der Waals surface area (Å²) in [5.74, 6) is -0.786. The van der Waals surface area contributed by atoms with Crippen molar-refractivity contribution in [2.75, 3.05) is 44.3 Å². The molecule has 8 heteroatoms. The maximum absolute atomic E-state index is 13.7. The van der Waals surface area contributed by atoms with Crippen LogP contribution in [0.2, 0.25) is 0 Å². The molecule has 2 aliphatic heterocycles. The number of morpholine rings is 1. The minimum Gasteiger partial charge on any atom is -0.505 e. The maximum atomic E-state index is 13.7. The highest BCUT2D eigenvalue weighted by Gasteiger charge is 2.26. The number of fused-ring (bicyclic) bond motifs is 2. The number of anilines is 2. The molecule has 0 aromatic heterocycles. The summed E-state index contributed by atoms with van der Waals surface area (Å²) < 4.78 is 39.2. The molecule has 194 valence electrons. The monoisotopic (exact) mass is 516 g/mol. The van der Waals surface area contributed by atoms with Crippen molar-refractivity contribution in [3.8, 4) is 45.3 Å². The molecular formula is C30H26F2N2O4. The van der Waals surface area contributed by atoms with Gasteiger partial charge in [0.05, 0.1) is 24.6 Å². The van der Waals surface area contributed by atoms with Gasteiger partial charge in [-0.25, -0.2) is 8.78 Å². The molecule has 1 saturated heterocycles. The van der Waals surface area contributed by atoms with E-state index in [2.05, 4.69) is 9.80 Å². The summed E-state index contributed by atoms with van der Waals surface area (Å²) in [6.07, 6.45) is 0. The van der Waals surface area contributed by atoms with Crippen molar-refractivity contribution in [1.82, 2.24) is 4.90 Å². The molecule has 2 heterocycles. The van der Waals surface area contributed by atoms with Crippen LogP contribution in [-0.4, -0.2) is 54.5 Å². The summed E-state index contributed by atoms with van der Waals surface area (Å²) in [4.78, 5) is 4.53. The average molecular weight is 517 g/mol. The summed E-state index contributed by atoms with van der Waals surface area (Å²) in [7, 11) is 0. The number of nitrogens with zero attached hydrogens (tertiary/aromatic N) is 2. The van der Waals surface area contributed by atoms with E-state index >= 15 is 0 Å². The molecule has 4 aromatic carbocycles.